The number of carbonyl (C=O) groups excluding carboxylic acids is 5. The van der Waals surface area contributed by atoms with Gasteiger partial charge in [0, 0.05) is 11.8 Å². The van der Waals surface area contributed by atoms with Gasteiger partial charge in [-0.1, -0.05) is 168 Å². The Kier molecular flexibility index (Phi) is 311. The third kappa shape index (κ3) is 262. The van der Waals surface area contributed by atoms with Crippen LogP contribution in [0.3, 0.4) is 0 Å². The van der Waals surface area contributed by atoms with E-state index in [1.165, 1.54) is 30.6 Å². The van der Waals surface area contributed by atoms with Crippen LogP contribution in [-0.2, 0) is 38.2 Å². The van der Waals surface area contributed by atoms with Gasteiger partial charge in [0.25, 0.3) is 0 Å². The second-order valence-electron chi connectivity index (χ2n) is 14.5. The topological polar surface area (TPSA) is 235 Å². The number of ketones is 3. The fourth-order valence-electron chi connectivity index (χ4n) is 3.10. The number of esters is 2. The monoisotopic (exact) mass is 1710 g/mol. The number of rotatable bonds is 17. The number of ether oxygens (including phenoxy) is 2. The van der Waals surface area contributed by atoms with Gasteiger partial charge in [-0.05, 0) is 183 Å². The summed E-state index contributed by atoms with van der Waals surface area (Å²) in [4.78, 5) is 61.7. The third-order valence-electron chi connectivity index (χ3n) is 6.20. The van der Waals surface area contributed by atoms with E-state index in [9.17, 15) is 29.1 Å². The van der Waals surface area contributed by atoms with Crippen molar-refractivity contribution in [1.82, 2.24) is 0 Å². The summed E-state index contributed by atoms with van der Waals surface area (Å²) < 4.78 is 9.12. The van der Waals surface area contributed by atoms with Crippen molar-refractivity contribution in [1.29, 1.82) is 0 Å². The zero-order chi connectivity index (χ0) is 55.6. The number of allylic oxidation sites excluding steroid dienone is 9. The van der Waals surface area contributed by atoms with Crippen LogP contribution in [0.5, 0.6) is 0 Å². The molecule has 2 atom stereocenters. The summed E-state index contributed by atoms with van der Waals surface area (Å²) in [6.07, 6.45) is 15.2. The number of Topliss-reactive ketones (excluding diaryl/α,β-unsaturated/α-hetero) is 3. The summed E-state index contributed by atoms with van der Waals surface area (Å²) in [5, 5.41) is 34.3. The summed E-state index contributed by atoms with van der Waals surface area (Å²) in [6, 6.07) is 0. The molecule has 2 unspecified atom stereocenters. The van der Waals surface area contributed by atoms with Crippen molar-refractivity contribution >= 4 is 125 Å². The van der Waals surface area contributed by atoms with Crippen LogP contribution in [-0.4, -0.2) is 117 Å². The Morgan fingerprint density at radius 1 is 0.643 bits per heavy atom. The molecule has 0 bridgehead atoms. The number of hydrogen-bond donors (Lipinski definition) is 3. The van der Waals surface area contributed by atoms with Gasteiger partial charge in [0.1, 0.15) is 33.7 Å². The van der Waals surface area contributed by atoms with Crippen molar-refractivity contribution in [2.75, 3.05) is 31.8 Å². The SMILES string of the molecule is BrP(Br)Br.C.C.C.C.C.C.C.C.C.C.C=CC(C)(O)CCC=C(C)C.CC(=O)CCC=C(C)C.CC(C)=CCBr.CC(C)=CCO.CCOC(=O)C(CC=C(C)C)C(C)=O.CCOC(=O)CC(C)=O.CC[O-].O=[C-]O.[Br-].[Br-].[Br-].[CH-]=C.[Mg+2].[Na+].[Na+].[OH-]. The first-order valence-electron chi connectivity index (χ1n) is 21.1. The smallest absolute Gasteiger partial charge is 1.00 e. The number of carbonyl (C=O) groups is 5. The average Bonchev–Trinajstić information content (AvgIpc) is 3.16. The molecule has 0 aliphatic rings. The largest absolute Gasteiger partial charge is 2.00 e. The standard InChI is InChI=1S/C11H18O3.C10H18O.C8H14O.C6H10O3.C5H9Br.C5H10O.C2H5O.C2H3.CHO2.10CH4.Br3P.3BrH.Mg.2Na.H2O/c1-5-14-11(13)10(9(4)12)7-6-8(2)3;1-5-10(4,11)8-6-7-9(2)3;1-7(2)5-4-6-8(3)9;1-3-9-6(8)4-5(2)7;2*1-5(2)3-4-6;1-2-3;1-2;2-1-3;;;;;;;;;;;1-4(2)3;;;;;;;/h6,10H,5,7H2,1-4H3;5,7,11H,1,6,8H2,2-4H3;5H,4,6H2,1-3H3;3-4H2,1-2H3;3H,4H2,1-2H3;3,6H,4H2,1-2H3;2H2,1H3;1H,2H2;(H,2,3);10*1H4;;3*1H;;;;1H2/q;;;;;;3*-1;;;;;;;;;;;;;;;+2;2*+1;/p-4. The Labute approximate surface area is 649 Å². The van der Waals surface area contributed by atoms with Crippen LogP contribution < -0.4 is 115 Å². The van der Waals surface area contributed by atoms with E-state index in [2.05, 4.69) is 133 Å². The molecule has 13 nitrogen and oxygen atoms in total. The van der Waals surface area contributed by atoms with E-state index in [0.29, 0.717) is 32.5 Å². The van der Waals surface area contributed by atoms with Crippen molar-refractivity contribution in [3.05, 3.63) is 84.1 Å². The average molecular weight is 1720 g/mol. The fourth-order valence-corrected chi connectivity index (χ4v) is 3.74. The molecule has 508 valence electrons. The van der Waals surface area contributed by atoms with E-state index in [1.54, 1.807) is 46.8 Å². The third-order valence-corrected chi connectivity index (χ3v) is 6.52. The van der Waals surface area contributed by atoms with Crippen LogP contribution in [0.15, 0.2) is 77.5 Å². The molecule has 0 aromatic carbocycles. The second kappa shape index (κ2) is 146. The molecule has 0 rings (SSSR count). The number of aliphatic hydroxyl groups excluding tert-OH is 2. The predicted octanol–water partition coefficient (Wildman–Crippen LogP) is 4.73. The second-order valence-corrected chi connectivity index (χ2v) is 30.5. The van der Waals surface area contributed by atoms with Gasteiger partial charge in [0.05, 0.1) is 25.4 Å². The maximum absolute atomic E-state index is 11.3. The molecule has 84 heavy (non-hydrogen) atoms. The van der Waals surface area contributed by atoms with Gasteiger partial charge < -0.3 is 102 Å². The van der Waals surface area contributed by atoms with Gasteiger partial charge in [0.2, 0.25) is 0 Å². The Hall–Kier alpha value is 2.00. The van der Waals surface area contributed by atoms with Gasteiger partial charge in [-0.15, -0.1) is 13.2 Å². The normalized spacial score (nSPS) is 7.77. The molecule has 0 aliphatic heterocycles. The van der Waals surface area contributed by atoms with Gasteiger partial charge in [-0.3, -0.25) is 25.8 Å². The molecule has 0 fully saturated rings. The van der Waals surface area contributed by atoms with Crippen LogP contribution in [0.2, 0.25) is 0 Å². The first-order valence-corrected chi connectivity index (χ1v) is 29.7. The van der Waals surface area contributed by atoms with Crippen LogP contribution >= 0.6 is 66.4 Å². The maximum Gasteiger partial charge on any atom is 2.00 e. The molecule has 0 heterocycles. The Morgan fingerprint density at radius 2 is 0.929 bits per heavy atom. The minimum atomic E-state index is -0.702. The number of alkyl halides is 1. The van der Waals surface area contributed by atoms with Crippen molar-refractivity contribution in [3.63, 3.8) is 0 Å². The van der Waals surface area contributed by atoms with Crippen LogP contribution in [0, 0.1) is 12.5 Å². The molecule has 0 saturated heterocycles. The molecule has 0 aromatic heterocycles. The molecular weight excluding hydrogens is 1590 g/mol. The van der Waals surface area contributed by atoms with Crippen LogP contribution in [0.4, 0.5) is 0 Å². The Bertz CT molecular complexity index is 1370. The van der Waals surface area contributed by atoms with E-state index in [0.717, 1.165) is 35.7 Å². The summed E-state index contributed by atoms with van der Waals surface area (Å²) in [5.74, 6) is -1.52. The van der Waals surface area contributed by atoms with E-state index in [4.69, 9.17) is 24.9 Å². The number of halogens is 7. The van der Waals surface area contributed by atoms with Crippen molar-refractivity contribution < 1.29 is 174 Å². The van der Waals surface area contributed by atoms with Crippen LogP contribution in [0.25, 0.3) is 0 Å². The van der Waals surface area contributed by atoms with Gasteiger partial charge in [-0.25, -0.2) is 0 Å². The van der Waals surface area contributed by atoms with Gasteiger partial charge >= 0.3 is 94.1 Å². The molecule has 0 aromatic rings. The van der Waals surface area contributed by atoms with Gasteiger partial charge in [0.15, 0.2) is 0 Å². The molecule has 0 radical (unpaired) electrons. The predicted molar refractivity (Wildman–Crippen MR) is 373 cm³/mol. The summed E-state index contributed by atoms with van der Waals surface area (Å²) in [7, 11) is 0. The Balaban J connectivity index is -0.0000000174. The first kappa shape index (κ1) is 178. The molecule has 0 saturated carbocycles. The quantitative estimate of drug-likeness (QED) is 0.0341. The van der Waals surface area contributed by atoms with Crippen molar-refractivity contribution in [2.45, 2.75) is 236 Å². The van der Waals surface area contributed by atoms with Crippen molar-refractivity contribution in [2.24, 2.45) is 5.92 Å². The van der Waals surface area contributed by atoms with E-state index < -0.39 is 23.5 Å². The zero-order valence-corrected chi connectivity index (χ0v) is 65.5. The van der Waals surface area contributed by atoms with E-state index in [1.807, 2.05) is 47.6 Å². The first-order chi connectivity index (χ1) is 30.9. The van der Waals surface area contributed by atoms with E-state index >= 15 is 0 Å². The molecule has 24 heteroatoms. The fraction of sp³-hybridized carbons (Fsp3) is 0.667. The van der Waals surface area contributed by atoms with Gasteiger partial charge in [-0.2, -0.15) is 0 Å². The maximum atomic E-state index is 11.3. The molecular formula is C60H129Br7MgNa2O13P-3. The molecule has 0 spiro atoms. The van der Waals surface area contributed by atoms with Crippen LogP contribution in [0.1, 0.15) is 230 Å². The summed E-state index contributed by atoms with van der Waals surface area (Å²) in [6.45, 7) is 43.2. The number of hydrogen-bond acceptors (Lipinski definition) is 12. The number of aliphatic hydroxyl groups is 2. The van der Waals surface area contributed by atoms with E-state index in [-0.39, 0.29) is 254 Å². The minimum Gasteiger partial charge on any atom is -1.00 e. The minimum absolute atomic E-state index is 0. The summed E-state index contributed by atoms with van der Waals surface area (Å²) in [5.41, 5.74) is 5.51. The molecule has 4 N–H and O–H groups in total. The zero-order valence-electron chi connectivity index (χ0n) is 48.1. The summed E-state index contributed by atoms with van der Waals surface area (Å²) >= 11 is 12.8. The molecule has 0 aliphatic carbocycles. The molecule has 0 amide bonds. The van der Waals surface area contributed by atoms with Crippen molar-refractivity contribution in [3.8, 4) is 0 Å². The Morgan fingerprint density at radius 3 is 1.11 bits per heavy atom.